The molecule has 0 saturated heterocycles. The van der Waals surface area contributed by atoms with Crippen molar-refractivity contribution < 1.29 is 23.1 Å². The number of hydrogen-bond donors (Lipinski definition) is 1. The predicted molar refractivity (Wildman–Crippen MR) is 77.1 cm³/mol. The molecule has 0 unspecified atom stereocenters. The summed E-state index contributed by atoms with van der Waals surface area (Å²) >= 11 is 0. The Labute approximate surface area is 133 Å². The minimum atomic E-state index is -4.63. The van der Waals surface area contributed by atoms with Gasteiger partial charge in [-0.05, 0) is 19.1 Å². The normalized spacial score (nSPS) is 12.0. The third-order valence-corrected chi connectivity index (χ3v) is 3.44. The average Bonchev–Trinajstić information content (AvgIpc) is 3.01. The van der Waals surface area contributed by atoms with Crippen molar-refractivity contribution in [1.29, 1.82) is 0 Å². The maximum atomic E-state index is 13.5. The molecule has 0 aliphatic rings. The number of nitrogens with zero attached hydrogens (tertiary/aromatic N) is 5. The van der Waals surface area contributed by atoms with Crippen molar-refractivity contribution in [3.05, 3.63) is 29.6 Å². The van der Waals surface area contributed by atoms with E-state index in [1.165, 1.54) is 17.7 Å². The van der Waals surface area contributed by atoms with Gasteiger partial charge in [-0.1, -0.05) is 0 Å². The average molecular weight is 339 g/mol. The van der Waals surface area contributed by atoms with Gasteiger partial charge in [-0.2, -0.15) is 23.4 Å². The fourth-order valence-corrected chi connectivity index (χ4v) is 2.50. The highest BCUT2D eigenvalue weighted by Crippen LogP contribution is 2.37. The summed E-state index contributed by atoms with van der Waals surface area (Å²) in [5.41, 5.74) is -0.723. The van der Waals surface area contributed by atoms with Gasteiger partial charge in [0.15, 0.2) is 5.65 Å². The van der Waals surface area contributed by atoms with Crippen LogP contribution in [-0.4, -0.2) is 35.6 Å². The number of hydrogen-bond acceptors (Lipinski definition) is 4. The molecule has 1 N–H and O–H groups in total. The fraction of sp³-hybridized carbons (Fsp3) is 0.286. The van der Waals surface area contributed by atoms with Crippen LogP contribution in [0, 0.1) is 6.92 Å². The Kier molecular flexibility index (Phi) is 3.54. The van der Waals surface area contributed by atoms with Crippen molar-refractivity contribution in [3.63, 3.8) is 0 Å². The number of aromatic nitrogens is 5. The number of carbonyl (C=O) groups is 1. The van der Waals surface area contributed by atoms with Crippen molar-refractivity contribution in [2.24, 2.45) is 7.05 Å². The van der Waals surface area contributed by atoms with Crippen LogP contribution in [-0.2, 0) is 24.6 Å². The molecule has 3 aromatic rings. The maximum Gasteiger partial charge on any atom is 0.417 e. The van der Waals surface area contributed by atoms with Crippen LogP contribution in [0.2, 0.25) is 0 Å². The van der Waals surface area contributed by atoms with Gasteiger partial charge in [0.25, 0.3) is 0 Å². The first-order valence-corrected chi connectivity index (χ1v) is 6.84. The number of halogens is 3. The molecule has 0 aliphatic carbocycles. The maximum absolute atomic E-state index is 13.5. The number of fused-ring (bicyclic) bond motifs is 1. The second-order valence-electron chi connectivity index (χ2n) is 5.26. The van der Waals surface area contributed by atoms with Crippen molar-refractivity contribution in [3.8, 4) is 11.4 Å². The number of aliphatic carboxylic acids is 1. The van der Waals surface area contributed by atoms with Crippen molar-refractivity contribution in [2.75, 3.05) is 0 Å². The molecule has 3 rings (SSSR count). The van der Waals surface area contributed by atoms with E-state index in [-0.39, 0.29) is 28.1 Å². The first-order valence-electron chi connectivity index (χ1n) is 6.84. The molecular formula is C14H12F3N5O2. The smallest absolute Gasteiger partial charge is 0.417 e. The quantitative estimate of drug-likeness (QED) is 0.791. The largest absolute Gasteiger partial charge is 0.480 e. The van der Waals surface area contributed by atoms with Crippen LogP contribution >= 0.6 is 0 Å². The number of alkyl halides is 3. The molecule has 10 heteroatoms. The summed E-state index contributed by atoms with van der Waals surface area (Å²) in [5.74, 6) is -1.22. The first kappa shape index (κ1) is 16.0. The van der Waals surface area contributed by atoms with E-state index >= 15 is 0 Å². The molecule has 0 spiro atoms. The summed E-state index contributed by atoms with van der Waals surface area (Å²) in [5, 5.41) is 16.7. The Morgan fingerprint density at radius 1 is 1.29 bits per heavy atom. The predicted octanol–water partition coefficient (Wildman–Crippen LogP) is 2.24. The summed E-state index contributed by atoms with van der Waals surface area (Å²) in [6, 6.07) is 2.43. The number of pyridine rings is 1. The number of carboxylic acids is 1. The van der Waals surface area contributed by atoms with Gasteiger partial charge in [0.2, 0.25) is 0 Å². The Hall–Kier alpha value is -2.91. The van der Waals surface area contributed by atoms with E-state index in [1.54, 1.807) is 13.2 Å². The highest BCUT2D eigenvalue weighted by molar-refractivity contribution is 5.86. The minimum Gasteiger partial charge on any atom is -0.480 e. The van der Waals surface area contributed by atoms with Crippen LogP contribution in [0.15, 0.2) is 18.3 Å². The van der Waals surface area contributed by atoms with Crippen LogP contribution in [0.1, 0.15) is 11.3 Å². The lowest BCUT2D eigenvalue weighted by Crippen LogP contribution is -2.12. The van der Waals surface area contributed by atoms with Gasteiger partial charge in [-0.3, -0.25) is 9.48 Å². The molecule has 3 heterocycles. The van der Waals surface area contributed by atoms with Crippen LogP contribution in [0.4, 0.5) is 13.2 Å². The highest BCUT2D eigenvalue weighted by atomic mass is 19.4. The van der Waals surface area contributed by atoms with Crippen LogP contribution in [0.5, 0.6) is 0 Å². The fourth-order valence-electron chi connectivity index (χ4n) is 2.50. The van der Waals surface area contributed by atoms with Crippen molar-refractivity contribution >= 4 is 17.0 Å². The molecule has 24 heavy (non-hydrogen) atoms. The second-order valence-corrected chi connectivity index (χ2v) is 5.26. The van der Waals surface area contributed by atoms with E-state index < -0.39 is 24.3 Å². The first-order chi connectivity index (χ1) is 11.2. The second kappa shape index (κ2) is 5.32. The summed E-state index contributed by atoms with van der Waals surface area (Å²) in [6.45, 7) is 0.804. The minimum absolute atomic E-state index is 0.00182. The third-order valence-electron chi connectivity index (χ3n) is 3.44. The SMILES string of the molecule is Cc1nn(CC(=O)O)c2nc(-c3ccn(C)n3)cc(C(F)(F)F)c12. The van der Waals surface area contributed by atoms with Crippen LogP contribution in [0.25, 0.3) is 22.4 Å². The molecule has 0 atom stereocenters. The van der Waals surface area contributed by atoms with Gasteiger partial charge >= 0.3 is 12.1 Å². The molecule has 0 saturated carbocycles. The van der Waals surface area contributed by atoms with Crippen LogP contribution in [0.3, 0.4) is 0 Å². The van der Waals surface area contributed by atoms with E-state index in [4.69, 9.17) is 5.11 Å². The Bertz CT molecular complexity index is 942. The third kappa shape index (κ3) is 2.70. The zero-order valence-corrected chi connectivity index (χ0v) is 12.7. The van der Waals surface area contributed by atoms with Crippen molar-refractivity contribution in [2.45, 2.75) is 19.6 Å². The van der Waals surface area contributed by atoms with E-state index in [1.807, 2.05) is 0 Å². The monoisotopic (exact) mass is 339 g/mol. The lowest BCUT2D eigenvalue weighted by atomic mass is 10.1. The Morgan fingerprint density at radius 3 is 2.54 bits per heavy atom. The highest BCUT2D eigenvalue weighted by Gasteiger charge is 2.36. The van der Waals surface area contributed by atoms with E-state index in [2.05, 4.69) is 15.2 Å². The van der Waals surface area contributed by atoms with Gasteiger partial charge in [-0.25, -0.2) is 9.67 Å². The molecule has 3 aromatic heterocycles. The van der Waals surface area contributed by atoms with Gasteiger partial charge in [0, 0.05) is 13.2 Å². The molecule has 7 nitrogen and oxygen atoms in total. The molecule has 0 bridgehead atoms. The Morgan fingerprint density at radius 2 is 2.00 bits per heavy atom. The lowest BCUT2D eigenvalue weighted by Gasteiger charge is -2.10. The Balaban J connectivity index is 2.34. The molecule has 126 valence electrons. The standard InChI is InChI=1S/C14H12F3N5O2/c1-7-12-8(14(15,16)17)5-10(9-3-4-21(2)20-9)18-13(12)22(19-7)6-11(23)24/h3-5H,6H2,1-2H3,(H,23,24). The van der Waals surface area contributed by atoms with Crippen LogP contribution < -0.4 is 0 Å². The van der Waals surface area contributed by atoms with Gasteiger partial charge in [0.05, 0.1) is 22.3 Å². The van der Waals surface area contributed by atoms with E-state index in [0.29, 0.717) is 0 Å². The van der Waals surface area contributed by atoms with Crippen molar-refractivity contribution in [1.82, 2.24) is 24.5 Å². The molecular weight excluding hydrogens is 327 g/mol. The van der Waals surface area contributed by atoms with Gasteiger partial charge < -0.3 is 5.11 Å². The number of aryl methyl sites for hydroxylation is 2. The van der Waals surface area contributed by atoms with E-state index in [9.17, 15) is 18.0 Å². The number of rotatable bonds is 3. The molecule has 0 amide bonds. The summed E-state index contributed by atoms with van der Waals surface area (Å²) in [6.07, 6.45) is -3.05. The lowest BCUT2D eigenvalue weighted by molar-refractivity contribution is -0.138. The summed E-state index contributed by atoms with van der Waals surface area (Å²) in [7, 11) is 1.63. The zero-order chi connectivity index (χ0) is 17.6. The van der Waals surface area contributed by atoms with Gasteiger partial charge in [0.1, 0.15) is 12.2 Å². The number of carboxylic acid groups (broad SMARTS) is 1. The summed E-state index contributed by atoms with van der Waals surface area (Å²) in [4.78, 5) is 15.1. The summed E-state index contributed by atoms with van der Waals surface area (Å²) < 4.78 is 42.8. The zero-order valence-electron chi connectivity index (χ0n) is 12.7. The molecule has 0 fully saturated rings. The molecule has 0 radical (unpaired) electrons. The molecule has 0 aromatic carbocycles. The molecule has 0 aliphatic heterocycles. The topological polar surface area (TPSA) is 85.8 Å². The van der Waals surface area contributed by atoms with E-state index in [0.717, 1.165) is 10.7 Å². The van der Waals surface area contributed by atoms with Gasteiger partial charge in [-0.15, -0.1) is 0 Å².